The summed E-state index contributed by atoms with van der Waals surface area (Å²) >= 11 is 1.67. The molecule has 2 aromatic carbocycles. The predicted octanol–water partition coefficient (Wildman–Crippen LogP) is 4.23. The van der Waals surface area contributed by atoms with Gasteiger partial charge in [-0.3, -0.25) is 0 Å². The molecule has 0 unspecified atom stereocenters. The van der Waals surface area contributed by atoms with Crippen LogP contribution in [-0.2, 0) is 12.3 Å². The second-order valence-electron chi connectivity index (χ2n) is 4.35. The molecule has 0 spiro atoms. The summed E-state index contributed by atoms with van der Waals surface area (Å²) in [6.45, 7) is 3.65. The number of rotatable bonds is 6. The number of thioether (sulfide) groups is 1. The zero-order valence-electron chi connectivity index (χ0n) is 11.0. The van der Waals surface area contributed by atoms with Crippen molar-refractivity contribution in [3.05, 3.63) is 65.5 Å². The van der Waals surface area contributed by atoms with Crippen molar-refractivity contribution in [1.29, 1.82) is 0 Å². The lowest BCUT2D eigenvalue weighted by Gasteiger charge is -2.07. The van der Waals surface area contributed by atoms with Gasteiger partial charge in [-0.15, -0.1) is 11.8 Å². The fraction of sp³-hybridized carbons (Fsp3) is 0.250. The van der Waals surface area contributed by atoms with Crippen LogP contribution in [-0.4, -0.2) is 6.54 Å². The maximum Gasteiger partial charge on any atom is 0.124 e. The first-order chi connectivity index (χ1) is 9.28. The van der Waals surface area contributed by atoms with E-state index in [4.69, 9.17) is 0 Å². The van der Waals surface area contributed by atoms with Gasteiger partial charge in [-0.25, -0.2) is 4.39 Å². The molecule has 19 heavy (non-hydrogen) atoms. The molecule has 2 aromatic rings. The summed E-state index contributed by atoms with van der Waals surface area (Å²) in [5.41, 5.74) is 2.25. The van der Waals surface area contributed by atoms with Crippen molar-refractivity contribution in [2.75, 3.05) is 6.54 Å². The average molecular weight is 275 g/mol. The fourth-order valence-electron chi connectivity index (χ4n) is 1.82. The van der Waals surface area contributed by atoms with E-state index in [0.717, 1.165) is 22.8 Å². The van der Waals surface area contributed by atoms with E-state index in [-0.39, 0.29) is 5.82 Å². The van der Waals surface area contributed by atoms with Crippen LogP contribution in [0.15, 0.2) is 53.4 Å². The zero-order valence-corrected chi connectivity index (χ0v) is 11.8. The third-order valence-corrected chi connectivity index (χ3v) is 3.81. The number of nitrogens with one attached hydrogen (secondary N) is 1. The van der Waals surface area contributed by atoms with Crippen molar-refractivity contribution in [3.8, 4) is 0 Å². The SMILES string of the molecule is CCNCc1cc(F)cc(SCc2ccccc2)c1. The molecule has 0 aliphatic heterocycles. The predicted molar refractivity (Wildman–Crippen MR) is 79.8 cm³/mol. The molecule has 0 bridgehead atoms. The number of hydrogen-bond donors (Lipinski definition) is 1. The molecular formula is C16H18FNS. The lowest BCUT2D eigenvalue weighted by molar-refractivity contribution is 0.617. The quantitative estimate of drug-likeness (QED) is 0.792. The maximum atomic E-state index is 13.5. The highest BCUT2D eigenvalue weighted by atomic mass is 32.2. The van der Waals surface area contributed by atoms with Gasteiger partial charge in [0.05, 0.1) is 0 Å². The molecular weight excluding hydrogens is 257 g/mol. The van der Waals surface area contributed by atoms with Gasteiger partial charge < -0.3 is 5.32 Å². The summed E-state index contributed by atoms with van der Waals surface area (Å²) in [5.74, 6) is 0.705. The minimum absolute atomic E-state index is 0.161. The molecule has 0 fully saturated rings. The molecule has 0 radical (unpaired) electrons. The van der Waals surface area contributed by atoms with Gasteiger partial charge in [0.1, 0.15) is 5.82 Å². The number of halogens is 1. The Kier molecular flexibility index (Phi) is 5.43. The highest BCUT2D eigenvalue weighted by molar-refractivity contribution is 7.98. The van der Waals surface area contributed by atoms with Crippen LogP contribution in [0, 0.1) is 5.82 Å². The Balaban J connectivity index is 2.01. The van der Waals surface area contributed by atoms with Crippen LogP contribution in [0.1, 0.15) is 18.1 Å². The minimum Gasteiger partial charge on any atom is -0.313 e. The van der Waals surface area contributed by atoms with Gasteiger partial charge in [0.25, 0.3) is 0 Å². The van der Waals surface area contributed by atoms with E-state index in [9.17, 15) is 4.39 Å². The van der Waals surface area contributed by atoms with Gasteiger partial charge in [0, 0.05) is 17.2 Å². The molecule has 100 valence electrons. The van der Waals surface area contributed by atoms with E-state index in [2.05, 4.69) is 23.5 Å². The van der Waals surface area contributed by atoms with Crippen LogP contribution < -0.4 is 5.32 Å². The molecule has 0 aliphatic rings. The Hall–Kier alpha value is -1.32. The lowest BCUT2D eigenvalue weighted by Crippen LogP contribution is -2.11. The standard InChI is InChI=1S/C16H18FNS/c1-2-18-11-14-8-15(17)10-16(9-14)19-12-13-6-4-3-5-7-13/h3-10,18H,2,11-12H2,1H3. The monoisotopic (exact) mass is 275 g/mol. The largest absolute Gasteiger partial charge is 0.313 e. The third kappa shape index (κ3) is 4.69. The fourth-order valence-corrected chi connectivity index (χ4v) is 2.77. The second-order valence-corrected chi connectivity index (χ2v) is 5.40. The van der Waals surface area contributed by atoms with Crippen molar-refractivity contribution in [3.63, 3.8) is 0 Å². The number of benzene rings is 2. The van der Waals surface area contributed by atoms with Gasteiger partial charge >= 0.3 is 0 Å². The van der Waals surface area contributed by atoms with Crippen LogP contribution in [0.3, 0.4) is 0 Å². The highest BCUT2D eigenvalue weighted by Gasteiger charge is 2.02. The Morgan fingerprint density at radius 3 is 2.58 bits per heavy atom. The molecule has 2 rings (SSSR count). The second kappa shape index (κ2) is 7.31. The van der Waals surface area contributed by atoms with Gasteiger partial charge in [-0.05, 0) is 35.9 Å². The summed E-state index contributed by atoms with van der Waals surface area (Å²) in [4.78, 5) is 0.983. The van der Waals surface area contributed by atoms with Crippen LogP contribution >= 0.6 is 11.8 Å². The molecule has 0 aromatic heterocycles. The highest BCUT2D eigenvalue weighted by Crippen LogP contribution is 2.24. The molecule has 0 heterocycles. The summed E-state index contributed by atoms with van der Waals surface area (Å²) in [7, 11) is 0. The van der Waals surface area contributed by atoms with Crippen molar-refractivity contribution in [2.45, 2.75) is 24.1 Å². The van der Waals surface area contributed by atoms with Crippen molar-refractivity contribution < 1.29 is 4.39 Å². The molecule has 1 N–H and O–H groups in total. The molecule has 3 heteroatoms. The molecule has 0 amide bonds. The molecule has 0 saturated heterocycles. The molecule has 1 nitrogen and oxygen atoms in total. The Labute approximate surface area is 118 Å². The molecule has 0 atom stereocenters. The van der Waals surface area contributed by atoms with E-state index >= 15 is 0 Å². The van der Waals surface area contributed by atoms with Crippen LogP contribution in [0.4, 0.5) is 4.39 Å². The summed E-state index contributed by atoms with van der Waals surface area (Å²) in [6, 6.07) is 15.5. The maximum absolute atomic E-state index is 13.5. The first-order valence-corrected chi connectivity index (χ1v) is 7.43. The normalized spacial score (nSPS) is 10.6. The van der Waals surface area contributed by atoms with Crippen LogP contribution in [0.25, 0.3) is 0 Å². The first kappa shape index (κ1) is 14.1. The molecule has 0 aliphatic carbocycles. The van der Waals surface area contributed by atoms with Crippen molar-refractivity contribution in [2.24, 2.45) is 0 Å². The van der Waals surface area contributed by atoms with Crippen LogP contribution in [0.5, 0.6) is 0 Å². The summed E-state index contributed by atoms with van der Waals surface area (Å²) in [6.07, 6.45) is 0. The van der Waals surface area contributed by atoms with Gasteiger partial charge in [-0.2, -0.15) is 0 Å². The summed E-state index contributed by atoms with van der Waals surface area (Å²) < 4.78 is 13.5. The smallest absolute Gasteiger partial charge is 0.124 e. The van der Waals surface area contributed by atoms with E-state index in [1.165, 1.54) is 5.56 Å². The minimum atomic E-state index is -0.161. The van der Waals surface area contributed by atoms with Gasteiger partial charge in [0.15, 0.2) is 0 Å². The number of hydrogen-bond acceptors (Lipinski definition) is 2. The molecule has 0 saturated carbocycles. The van der Waals surface area contributed by atoms with Gasteiger partial charge in [-0.1, -0.05) is 37.3 Å². The summed E-state index contributed by atoms with van der Waals surface area (Å²) in [5, 5.41) is 3.22. The van der Waals surface area contributed by atoms with E-state index in [1.54, 1.807) is 23.9 Å². The lowest BCUT2D eigenvalue weighted by atomic mass is 10.2. The zero-order chi connectivity index (χ0) is 13.5. The van der Waals surface area contributed by atoms with Gasteiger partial charge in [0.2, 0.25) is 0 Å². The van der Waals surface area contributed by atoms with Crippen molar-refractivity contribution >= 4 is 11.8 Å². The first-order valence-electron chi connectivity index (χ1n) is 6.45. The Morgan fingerprint density at radius 1 is 1.05 bits per heavy atom. The van der Waals surface area contributed by atoms with E-state index in [0.29, 0.717) is 6.54 Å². The van der Waals surface area contributed by atoms with E-state index in [1.807, 2.05) is 25.1 Å². The Morgan fingerprint density at radius 2 is 1.84 bits per heavy atom. The van der Waals surface area contributed by atoms with E-state index < -0.39 is 0 Å². The Bertz CT molecular complexity index is 513. The topological polar surface area (TPSA) is 12.0 Å². The average Bonchev–Trinajstić information content (AvgIpc) is 2.43. The van der Waals surface area contributed by atoms with Crippen LogP contribution in [0.2, 0.25) is 0 Å². The third-order valence-electron chi connectivity index (χ3n) is 2.76. The van der Waals surface area contributed by atoms with Crippen molar-refractivity contribution in [1.82, 2.24) is 5.32 Å².